The number of carbonyl (C=O) groups excluding carboxylic acids is 1. The van der Waals surface area contributed by atoms with Gasteiger partial charge < -0.3 is 15.0 Å². The molecule has 0 spiro atoms. The zero-order valence-corrected chi connectivity index (χ0v) is 13.0. The van der Waals surface area contributed by atoms with E-state index in [2.05, 4.69) is 26.2 Å². The van der Waals surface area contributed by atoms with Crippen molar-refractivity contribution in [2.24, 2.45) is 0 Å². The zero-order valence-electron chi connectivity index (χ0n) is 11.4. The number of hydrogen-bond donors (Lipinski definition) is 2. The van der Waals surface area contributed by atoms with Crippen LogP contribution in [-0.4, -0.2) is 29.6 Å². The van der Waals surface area contributed by atoms with Crippen molar-refractivity contribution in [3.8, 4) is 0 Å². The molecular formula is C14H19BrN2O3. The fourth-order valence-corrected chi connectivity index (χ4v) is 2.64. The van der Waals surface area contributed by atoms with Crippen LogP contribution < -0.4 is 10.9 Å². The minimum absolute atomic E-state index is 0.0809. The van der Waals surface area contributed by atoms with E-state index in [1.165, 1.54) is 12.3 Å². The van der Waals surface area contributed by atoms with Crippen LogP contribution in [0.15, 0.2) is 21.5 Å². The lowest BCUT2D eigenvalue weighted by atomic mass is 10.1. The molecule has 110 valence electrons. The smallest absolute Gasteiger partial charge is 0.262 e. The number of halogens is 1. The Balaban J connectivity index is 1.83. The second-order valence-corrected chi connectivity index (χ2v) is 6.01. The van der Waals surface area contributed by atoms with Gasteiger partial charge in [-0.2, -0.15) is 0 Å². The number of carbonyl (C=O) groups is 1. The van der Waals surface area contributed by atoms with Gasteiger partial charge in [-0.15, -0.1) is 0 Å². The van der Waals surface area contributed by atoms with Gasteiger partial charge >= 0.3 is 0 Å². The summed E-state index contributed by atoms with van der Waals surface area (Å²) in [6, 6.07) is 1.61. The van der Waals surface area contributed by atoms with E-state index < -0.39 is 0 Å². The fraction of sp³-hybridized carbons (Fsp3) is 0.571. The number of aromatic nitrogens is 1. The molecule has 2 atom stereocenters. The summed E-state index contributed by atoms with van der Waals surface area (Å²) in [5, 5.41) is 2.93. The Morgan fingerprint density at radius 2 is 2.45 bits per heavy atom. The Labute approximate surface area is 126 Å². The van der Waals surface area contributed by atoms with Crippen molar-refractivity contribution in [2.45, 2.75) is 44.8 Å². The zero-order chi connectivity index (χ0) is 14.5. The molecule has 2 heterocycles. The number of amides is 1. The van der Waals surface area contributed by atoms with E-state index in [0.717, 1.165) is 32.3 Å². The fourth-order valence-electron chi connectivity index (χ4n) is 2.27. The number of aromatic amines is 1. The third-order valence-corrected chi connectivity index (χ3v) is 4.03. The highest BCUT2D eigenvalue weighted by atomic mass is 79.9. The van der Waals surface area contributed by atoms with E-state index in [0.29, 0.717) is 16.1 Å². The van der Waals surface area contributed by atoms with Gasteiger partial charge in [0.1, 0.15) is 0 Å². The summed E-state index contributed by atoms with van der Waals surface area (Å²) < 4.78 is 5.92. The van der Waals surface area contributed by atoms with Crippen molar-refractivity contribution in [2.75, 3.05) is 6.61 Å². The second kappa shape index (κ2) is 7.04. The summed E-state index contributed by atoms with van der Waals surface area (Å²) >= 11 is 3.12. The molecule has 1 aromatic heterocycles. The maximum absolute atomic E-state index is 12.0. The Kier molecular flexibility index (Phi) is 5.37. The predicted molar refractivity (Wildman–Crippen MR) is 79.9 cm³/mol. The third kappa shape index (κ3) is 4.18. The molecule has 0 aliphatic carbocycles. The van der Waals surface area contributed by atoms with Gasteiger partial charge in [-0.05, 0) is 54.6 Å². The highest BCUT2D eigenvalue weighted by molar-refractivity contribution is 9.10. The van der Waals surface area contributed by atoms with Crippen LogP contribution >= 0.6 is 15.9 Å². The summed E-state index contributed by atoms with van der Waals surface area (Å²) in [5.41, 5.74) is 0.202. The minimum Gasteiger partial charge on any atom is -0.378 e. The van der Waals surface area contributed by atoms with Crippen LogP contribution in [0.25, 0.3) is 0 Å². The molecule has 0 bridgehead atoms. The maximum Gasteiger partial charge on any atom is 0.262 e. The van der Waals surface area contributed by atoms with E-state index in [1.54, 1.807) is 0 Å². The van der Waals surface area contributed by atoms with Gasteiger partial charge in [0.2, 0.25) is 0 Å². The summed E-state index contributed by atoms with van der Waals surface area (Å²) in [7, 11) is 0. The number of hydrogen-bond acceptors (Lipinski definition) is 3. The number of rotatable bonds is 5. The van der Waals surface area contributed by atoms with Crippen molar-refractivity contribution in [3.05, 3.63) is 32.7 Å². The number of nitrogens with one attached hydrogen (secondary N) is 2. The Morgan fingerprint density at radius 1 is 1.65 bits per heavy atom. The van der Waals surface area contributed by atoms with Crippen LogP contribution in [-0.2, 0) is 4.74 Å². The highest BCUT2D eigenvalue weighted by Gasteiger charge is 2.17. The van der Waals surface area contributed by atoms with E-state index in [9.17, 15) is 9.59 Å². The summed E-state index contributed by atoms with van der Waals surface area (Å²) in [6.45, 7) is 2.84. The van der Waals surface area contributed by atoms with Crippen molar-refractivity contribution in [1.82, 2.24) is 10.3 Å². The van der Waals surface area contributed by atoms with Crippen molar-refractivity contribution >= 4 is 21.8 Å². The lowest BCUT2D eigenvalue weighted by molar-refractivity contribution is 0.0899. The number of ether oxygens (including phenoxy) is 1. The van der Waals surface area contributed by atoms with Gasteiger partial charge in [-0.1, -0.05) is 0 Å². The number of pyridine rings is 1. The predicted octanol–water partition coefficient (Wildman–Crippen LogP) is 2.21. The first kappa shape index (κ1) is 15.3. The molecule has 1 amide bonds. The van der Waals surface area contributed by atoms with Crippen LogP contribution in [0.5, 0.6) is 0 Å². The summed E-state index contributed by atoms with van der Waals surface area (Å²) in [6.07, 6.45) is 5.88. The first-order valence-electron chi connectivity index (χ1n) is 6.87. The maximum atomic E-state index is 12.0. The lowest BCUT2D eigenvalue weighted by Crippen LogP contribution is -2.33. The molecule has 2 rings (SSSR count). The van der Waals surface area contributed by atoms with Crippen molar-refractivity contribution < 1.29 is 9.53 Å². The molecule has 0 aromatic carbocycles. The van der Waals surface area contributed by atoms with Gasteiger partial charge in [-0.3, -0.25) is 9.59 Å². The molecule has 1 saturated heterocycles. The standard InChI is InChI=1S/C14H19BrN2O3/c1-9(4-5-11-3-2-6-20-11)17-13(18)10-7-12(15)14(19)16-8-10/h7-9,11H,2-6H2,1H3,(H,16,19)(H,17,18)/t9-,11-/m1/s1. The normalized spacial score (nSPS) is 19.8. The highest BCUT2D eigenvalue weighted by Crippen LogP contribution is 2.17. The quantitative estimate of drug-likeness (QED) is 0.861. The molecule has 5 nitrogen and oxygen atoms in total. The molecule has 1 aliphatic heterocycles. The van der Waals surface area contributed by atoms with Crippen LogP contribution in [0.4, 0.5) is 0 Å². The Hall–Kier alpha value is -1.14. The first-order valence-corrected chi connectivity index (χ1v) is 7.66. The van der Waals surface area contributed by atoms with Crippen molar-refractivity contribution in [3.63, 3.8) is 0 Å². The average molecular weight is 343 g/mol. The van der Waals surface area contributed by atoms with Gasteiger partial charge in [0.25, 0.3) is 11.5 Å². The van der Waals surface area contributed by atoms with Crippen LogP contribution in [0.2, 0.25) is 0 Å². The summed E-state index contributed by atoms with van der Waals surface area (Å²) in [5.74, 6) is -0.179. The molecule has 0 saturated carbocycles. The molecule has 6 heteroatoms. The van der Waals surface area contributed by atoms with E-state index in [-0.39, 0.29) is 17.5 Å². The largest absolute Gasteiger partial charge is 0.378 e. The van der Waals surface area contributed by atoms with Gasteiger partial charge in [0, 0.05) is 18.8 Å². The molecule has 2 N–H and O–H groups in total. The summed E-state index contributed by atoms with van der Waals surface area (Å²) in [4.78, 5) is 25.8. The first-order chi connectivity index (χ1) is 9.56. The molecule has 0 unspecified atom stereocenters. The Morgan fingerprint density at radius 3 is 3.10 bits per heavy atom. The number of H-pyrrole nitrogens is 1. The Bertz CT molecular complexity index is 523. The van der Waals surface area contributed by atoms with Crippen LogP contribution in [0, 0.1) is 0 Å². The molecule has 1 fully saturated rings. The van der Waals surface area contributed by atoms with Crippen molar-refractivity contribution in [1.29, 1.82) is 0 Å². The van der Waals surface area contributed by atoms with Crippen LogP contribution in [0.3, 0.4) is 0 Å². The third-order valence-electron chi connectivity index (χ3n) is 3.44. The van der Waals surface area contributed by atoms with E-state index >= 15 is 0 Å². The van der Waals surface area contributed by atoms with Gasteiger partial charge in [0.05, 0.1) is 16.1 Å². The molecule has 20 heavy (non-hydrogen) atoms. The second-order valence-electron chi connectivity index (χ2n) is 5.15. The molecule has 1 aromatic rings. The minimum atomic E-state index is -0.243. The van der Waals surface area contributed by atoms with Gasteiger partial charge in [0.15, 0.2) is 0 Å². The SMILES string of the molecule is C[C@H](CC[C@H]1CCCO1)NC(=O)c1c[nH]c(=O)c(Br)c1. The average Bonchev–Trinajstić information content (AvgIpc) is 2.92. The molecule has 0 radical (unpaired) electrons. The molecular weight excluding hydrogens is 324 g/mol. The monoisotopic (exact) mass is 342 g/mol. The molecule has 1 aliphatic rings. The van der Waals surface area contributed by atoms with E-state index in [4.69, 9.17) is 4.74 Å². The topological polar surface area (TPSA) is 71.2 Å². The van der Waals surface area contributed by atoms with Gasteiger partial charge in [-0.25, -0.2) is 0 Å². The van der Waals surface area contributed by atoms with Crippen LogP contribution in [0.1, 0.15) is 43.0 Å². The lowest BCUT2D eigenvalue weighted by Gasteiger charge is -2.16. The van der Waals surface area contributed by atoms with E-state index in [1.807, 2.05) is 6.92 Å².